The number of piperidine rings is 1. The summed E-state index contributed by atoms with van der Waals surface area (Å²) >= 11 is 1.52. The Morgan fingerprint density at radius 1 is 1.13 bits per heavy atom. The second kappa shape index (κ2) is 10.6. The molecular weight excluding hydrogens is 416 g/mol. The van der Waals surface area contributed by atoms with Crippen LogP contribution in [0.15, 0.2) is 0 Å². The predicted octanol–water partition coefficient (Wildman–Crippen LogP) is 2.23. The van der Waals surface area contributed by atoms with Gasteiger partial charge in [-0.1, -0.05) is 6.92 Å². The molecule has 2 heterocycles. The Bertz CT molecular complexity index is 813. The first-order valence-electron chi connectivity index (χ1n) is 11.5. The largest absolute Gasteiger partial charge is 0.466 e. The maximum atomic E-state index is 13.1. The molecule has 0 unspecified atom stereocenters. The normalized spacial score (nSPS) is 24.1. The quantitative estimate of drug-likeness (QED) is 0.621. The summed E-state index contributed by atoms with van der Waals surface area (Å²) in [5, 5.41) is 3.66. The molecule has 172 valence electrons. The van der Waals surface area contributed by atoms with Crippen LogP contribution in [0.25, 0.3) is 0 Å². The number of ether oxygens (including phenoxy) is 2. The molecule has 0 bridgehead atoms. The number of thiophene rings is 1. The molecule has 31 heavy (non-hydrogen) atoms. The zero-order chi connectivity index (χ0) is 22.5. The molecular formula is C23H35N2O5S+. The molecule has 3 rings (SSSR count). The smallest absolute Gasteiger partial charge is 0.341 e. The second-order valence-corrected chi connectivity index (χ2v) is 9.78. The van der Waals surface area contributed by atoms with Gasteiger partial charge in [-0.15, -0.1) is 11.3 Å². The van der Waals surface area contributed by atoms with Gasteiger partial charge in [0.05, 0.1) is 37.8 Å². The van der Waals surface area contributed by atoms with Crippen LogP contribution in [0.4, 0.5) is 5.00 Å². The first-order valence-corrected chi connectivity index (χ1v) is 12.3. The Morgan fingerprint density at radius 3 is 2.45 bits per heavy atom. The monoisotopic (exact) mass is 451 g/mol. The molecule has 7 nitrogen and oxygen atoms in total. The number of anilines is 1. The van der Waals surface area contributed by atoms with Crippen LogP contribution in [-0.4, -0.2) is 50.2 Å². The van der Waals surface area contributed by atoms with E-state index < -0.39 is 0 Å². The number of esters is 2. The summed E-state index contributed by atoms with van der Waals surface area (Å²) in [4.78, 5) is 40.1. The lowest BCUT2D eigenvalue weighted by atomic mass is 9.88. The van der Waals surface area contributed by atoms with E-state index in [-0.39, 0.29) is 29.8 Å². The van der Waals surface area contributed by atoms with Crippen LogP contribution >= 0.6 is 11.3 Å². The molecule has 1 saturated heterocycles. The third-order valence-electron chi connectivity index (χ3n) is 6.48. The van der Waals surface area contributed by atoms with E-state index in [9.17, 15) is 14.4 Å². The van der Waals surface area contributed by atoms with Crippen LogP contribution in [0.3, 0.4) is 0 Å². The Kier molecular flexibility index (Phi) is 8.11. The third-order valence-corrected chi connectivity index (χ3v) is 7.65. The summed E-state index contributed by atoms with van der Waals surface area (Å²) in [6.45, 7) is 9.95. The van der Waals surface area contributed by atoms with Crippen molar-refractivity contribution in [3.05, 3.63) is 16.0 Å². The number of hydrogen-bond donors (Lipinski definition) is 2. The van der Waals surface area contributed by atoms with Crippen molar-refractivity contribution in [1.29, 1.82) is 0 Å². The fraction of sp³-hybridized carbons (Fsp3) is 0.696. The molecule has 1 aromatic rings. The van der Waals surface area contributed by atoms with E-state index in [1.165, 1.54) is 16.2 Å². The van der Waals surface area contributed by atoms with E-state index in [2.05, 4.69) is 12.2 Å². The Morgan fingerprint density at radius 2 is 1.81 bits per heavy atom. The summed E-state index contributed by atoms with van der Waals surface area (Å²) in [7, 11) is 0. The number of hydrogen-bond acceptors (Lipinski definition) is 6. The Balaban J connectivity index is 1.68. The maximum Gasteiger partial charge on any atom is 0.341 e. The van der Waals surface area contributed by atoms with Gasteiger partial charge in [0.25, 0.3) is 5.91 Å². The first kappa shape index (κ1) is 23.7. The molecule has 2 N–H and O–H groups in total. The minimum Gasteiger partial charge on any atom is -0.466 e. The van der Waals surface area contributed by atoms with Crippen molar-refractivity contribution in [2.75, 3.05) is 31.6 Å². The van der Waals surface area contributed by atoms with Crippen LogP contribution < -0.4 is 10.2 Å². The summed E-state index contributed by atoms with van der Waals surface area (Å²) in [5.41, 5.74) is 1.59. The van der Waals surface area contributed by atoms with Crippen LogP contribution in [0.5, 0.6) is 0 Å². The maximum absolute atomic E-state index is 13.1. The lowest BCUT2D eigenvalue weighted by Gasteiger charge is -2.31. The van der Waals surface area contributed by atoms with Gasteiger partial charge in [-0.25, -0.2) is 4.79 Å². The van der Waals surface area contributed by atoms with Crippen LogP contribution in [0.1, 0.15) is 67.8 Å². The topological polar surface area (TPSA) is 86.1 Å². The van der Waals surface area contributed by atoms with Crippen molar-refractivity contribution in [2.45, 2.75) is 65.8 Å². The van der Waals surface area contributed by atoms with Crippen LogP contribution in [0.2, 0.25) is 0 Å². The van der Waals surface area contributed by atoms with Gasteiger partial charge in [-0.3, -0.25) is 9.59 Å². The molecule has 1 aliphatic heterocycles. The van der Waals surface area contributed by atoms with Gasteiger partial charge in [-0.2, -0.15) is 0 Å². The van der Waals surface area contributed by atoms with E-state index in [0.717, 1.165) is 55.7 Å². The van der Waals surface area contributed by atoms with Crippen molar-refractivity contribution < 1.29 is 28.8 Å². The number of amides is 1. The van der Waals surface area contributed by atoms with Crippen LogP contribution in [0, 0.1) is 11.8 Å². The lowest BCUT2D eigenvalue weighted by Crippen LogP contribution is -3.17. The van der Waals surface area contributed by atoms with E-state index in [4.69, 9.17) is 9.47 Å². The summed E-state index contributed by atoms with van der Waals surface area (Å²) in [6, 6.07) is -0.267. The van der Waals surface area contributed by atoms with Gasteiger partial charge < -0.3 is 19.7 Å². The molecule has 8 heteroatoms. The van der Waals surface area contributed by atoms with Crippen molar-refractivity contribution in [3.63, 3.8) is 0 Å². The SMILES string of the molecule is CCOC(=O)c1c(NC(=O)[C@@H](C)[NH+]2CCC(C(=O)OCC)CC2)sc2c1CC[C@@H](C)C2. The molecule has 1 amide bonds. The van der Waals surface area contributed by atoms with E-state index in [0.29, 0.717) is 29.7 Å². The number of carbonyl (C=O) groups is 3. The zero-order valence-electron chi connectivity index (χ0n) is 19.0. The van der Waals surface area contributed by atoms with Crippen molar-refractivity contribution in [3.8, 4) is 0 Å². The standard InChI is InChI=1S/C23H34N2O5S/c1-5-29-22(27)16-9-11-25(12-10-16)15(4)20(26)24-21-19(23(28)30-6-2)17-8-7-14(3)13-18(17)31-21/h14-16H,5-13H2,1-4H3,(H,24,26)/p+1/t14-,15-/m1/s1. The van der Waals surface area contributed by atoms with Gasteiger partial charge in [0, 0.05) is 17.7 Å². The number of likely N-dealkylation sites (tertiary alicyclic amines) is 1. The lowest BCUT2D eigenvalue weighted by molar-refractivity contribution is -0.919. The number of quaternary nitrogens is 1. The molecule has 2 atom stereocenters. The summed E-state index contributed by atoms with van der Waals surface area (Å²) < 4.78 is 10.4. The molecule has 2 aliphatic rings. The molecule has 0 spiro atoms. The fourth-order valence-corrected chi connectivity index (χ4v) is 5.98. The highest BCUT2D eigenvalue weighted by Crippen LogP contribution is 2.40. The van der Waals surface area contributed by atoms with Gasteiger partial charge in [0.2, 0.25) is 0 Å². The van der Waals surface area contributed by atoms with Gasteiger partial charge in [-0.05, 0) is 51.5 Å². The zero-order valence-corrected chi connectivity index (χ0v) is 19.9. The molecule has 0 radical (unpaired) electrons. The predicted molar refractivity (Wildman–Crippen MR) is 120 cm³/mol. The number of fused-ring (bicyclic) bond motifs is 1. The highest BCUT2D eigenvalue weighted by Gasteiger charge is 2.35. The molecule has 1 aliphatic carbocycles. The van der Waals surface area contributed by atoms with Crippen molar-refractivity contribution in [1.82, 2.24) is 0 Å². The minimum atomic E-state index is -0.347. The molecule has 0 aromatic carbocycles. The highest BCUT2D eigenvalue weighted by atomic mass is 32.1. The fourth-order valence-electron chi connectivity index (χ4n) is 4.58. The third kappa shape index (κ3) is 5.47. The molecule has 1 aromatic heterocycles. The van der Waals surface area contributed by atoms with Gasteiger partial charge in [0.15, 0.2) is 6.04 Å². The number of carbonyl (C=O) groups excluding carboxylic acids is 3. The summed E-state index contributed by atoms with van der Waals surface area (Å²) in [5.74, 6) is -0.0628. The Labute approximate surface area is 188 Å². The van der Waals surface area contributed by atoms with E-state index in [1.54, 1.807) is 6.92 Å². The Hall–Kier alpha value is -1.93. The van der Waals surface area contributed by atoms with Crippen molar-refractivity contribution >= 4 is 34.2 Å². The number of nitrogens with one attached hydrogen (secondary N) is 2. The van der Waals surface area contributed by atoms with Gasteiger partial charge in [0.1, 0.15) is 5.00 Å². The van der Waals surface area contributed by atoms with E-state index in [1.807, 2.05) is 13.8 Å². The highest BCUT2D eigenvalue weighted by molar-refractivity contribution is 7.17. The number of rotatable bonds is 7. The minimum absolute atomic E-state index is 0.0691. The van der Waals surface area contributed by atoms with Crippen LogP contribution in [-0.2, 0) is 31.9 Å². The molecule has 0 saturated carbocycles. The second-order valence-electron chi connectivity index (χ2n) is 8.67. The first-order chi connectivity index (χ1) is 14.8. The van der Waals surface area contributed by atoms with Crippen molar-refractivity contribution in [2.24, 2.45) is 11.8 Å². The average Bonchev–Trinajstić information content (AvgIpc) is 3.10. The van der Waals surface area contributed by atoms with Gasteiger partial charge >= 0.3 is 11.9 Å². The van der Waals surface area contributed by atoms with E-state index >= 15 is 0 Å². The molecule has 1 fully saturated rings. The summed E-state index contributed by atoms with van der Waals surface area (Å²) in [6.07, 6.45) is 4.28. The average molecular weight is 452 g/mol.